The normalized spacial score (nSPS) is 11.9. The maximum atomic E-state index is 4.99. The summed E-state index contributed by atoms with van der Waals surface area (Å²) >= 11 is 0. The molecule has 96 valence electrons. The summed E-state index contributed by atoms with van der Waals surface area (Å²) in [5.41, 5.74) is 0. The third-order valence-corrected chi connectivity index (χ3v) is 1.96. The standard InChI is InChI=1S/C11H21N5O/c1-5-12-11(13-6-8(2)3)14-7-10-15-9(4)16-17-10/h8H,5-7H2,1-4H3,(H2,12,13,14). The monoisotopic (exact) mass is 239 g/mol. The number of aryl methyl sites for hydroxylation is 1. The summed E-state index contributed by atoms with van der Waals surface area (Å²) < 4.78 is 4.99. The number of rotatable bonds is 5. The van der Waals surface area contributed by atoms with Crippen molar-refractivity contribution >= 4 is 5.96 Å². The number of nitrogens with one attached hydrogen (secondary N) is 2. The van der Waals surface area contributed by atoms with Crippen LogP contribution in [-0.2, 0) is 6.54 Å². The molecular weight excluding hydrogens is 218 g/mol. The van der Waals surface area contributed by atoms with E-state index >= 15 is 0 Å². The molecule has 6 heteroatoms. The summed E-state index contributed by atoms with van der Waals surface area (Å²) in [7, 11) is 0. The number of aliphatic imine (C=N–C) groups is 1. The molecule has 6 nitrogen and oxygen atoms in total. The third kappa shape index (κ3) is 5.33. The number of hydrogen-bond acceptors (Lipinski definition) is 4. The Morgan fingerprint density at radius 1 is 1.41 bits per heavy atom. The van der Waals surface area contributed by atoms with Crippen molar-refractivity contribution in [1.82, 2.24) is 20.8 Å². The molecule has 2 N–H and O–H groups in total. The SMILES string of the molecule is CCNC(=NCc1nc(C)no1)NCC(C)C. The van der Waals surface area contributed by atoms with Gasteiger partial charge in [0.15, 0.2) is 11.8 Å². The van der Waals surface area contributed by atoms with Crippen molar-refractivity contribution in [3.8, 4) is 0 Å². The van der Waals surface area contributed by atoms with Crippen molar-refractivity contribution in [2.24, 2.45) is 10.9 Å². The molecule has 0 aliphatic heterocycles. The van der Waals surface area contributed by atoms with Gasteiger partial charge in [-0.05, 0) is 19.8 Å². The summed E-state index contributed by atoms with van der Waals surface area (Å²) in [4.78, 5) is 8.46. The Morgan fingerprint density at radius 2 is 2.18 bits per heavy atom. The van der Waals surface area contributed by atoms with Crippen molar-refractivity contribution in [3.63, 3.8) is 0 Å². The Kier molecular flexibility index (Phi) is 5.45. The molecule has 0 saturated carbocycles. The summed E-state index contributed by atoms with van der Waals surface area (Å²) in [6, 6.07) is 0. The predicted octanol–water partition coefficient (Wildman–Crippen LogP) is 1.09. The van der Waals surface area contributed by atoms with Crippen LogP contribution in [0.5, 0.6) is 0 Å². The lowest BCUT2D eigenvalue weighted by Crippen LogP contribution is -2.39. The van der Waals surface area contributed by atoms with E-state index in [2.05, 4.69) is 39.6 Å². The van der Waals surface area contributed by atoms with E-state index in [1.807, 2.05) is 6.92 Å². The number of guanidine groups is 1. The number of hydrogen-bond donors (Lipinski definition) is 2. The van der Waals surface area contributed by atoms with Crippen molar-refractivity contribution in [1.29, 1.82) is 0 Å². The van der Waals surface area contributed by atoms with Gasteiger partial charge in [-0.1, -0.05) is 19.0 Å². The van der Waals surface area contributed by atoms with Crippen molar-refractivity contribution in [2.75, 3.05) is 13.1 Å². The number of aromatic nitrogens is 2. The Bertz CT molecular complexity index is 358. The van der Waals surface area contributed by atoms with Crippen LogP contribution in [0.1, 0.15) is 32.5 Å². The Balaban J connectivity index is 2.50. The minimum Gasteiger partial charge on any atom is -0.357 e. The van der Waals surface area contributed by atoms with Crippen LogP contribution in [0.3, 0.4) is 0 Å². The lowest BCUT2D eigenvalue weighted by atomic mass is 10.2. The van der Waals surface area contributed by atoms with E-state index in [1.54, 1.807) is 6.92 Å². The smallest absolute Gasteiger partial charge is 0.248 e. The minimum absolute atomic E-state index is 0.397. The Morgan fingerprint density at radius 3 is 2.71 bits per heavy atom. The van der Waals surface area contributed by atoms with Gasteiger partial charge in [-0.3, -0.25) is 0 Å². The van der Waals surface area contributed by atoms with E-state index in [9.17, 15) is 0 Å². The van der Waals surface area contributed by atoms with Crippen LogP contribution >= 0.6 is 0 Å². The topological polar surface area (TPSA) is 75.3 Å². The fraction of sp³-hybridized carbons (Fsp3) is 0.727. The zero-order chi connectivity index (χ0) is 12.7. The first-order valence-electron chi connectivity index (χ1n) is 5.93. The Labute approximate surface area is 102 Å². The lowest BCUT2D eigenvalue weighted by Gasteiger charge is -2.12. The minimum atomic E-state index is 0.397. The van der Waals surface area contributed by atoms with Gasteiger partial charge >= 0.3 is 0 Å². The average molecular weight is 239 g/mol. The maximum Gasteiger partial charge on any atom is 0.248 e. The molecule has 0 amide bonds. The molecule has 1 rings (SSSR count). The van der Waals surface area contributed by atoms with Crippen molar-refractivity contribution in [2.45, 2.75) is 34.2 Å². The fourth-order valence-corrected chi connectivity index (χ4v) is 1.19. The molecule has 1 aromatic heterocycles. The van der Waals surface area contributed by atoms with E-state index in [4.69, 9.17) is 4.52 Å². The Hall–Kier alpha value is -1.59. The van der Waals surface area contributed by atoms with Crippen molar-refractivity contribution < 1.29 is 4.52 Å². The van der Waals surface area contributed by atoms with Crippen LogP contribution in [-0.4, -0.2) is 29.2 Å². The van der Waals surface area contributed by atoms with Crippen LogP contribution in [0.25, 0.3) is 0 Å². The second-order valence-electron chi connectivity index (χ2n) is 4.21. The largest absolute Gasteiger partial charge is 0.357 e. The second kappa shape index (κ2) is 6.88. The maximum absolute atomic E-state index is 4.99. The van der Waals surface area contributed by atoms with Gasteiger partial charge in [-0.2, -0.15) is 4.98 Å². The van der Waals surface area contributed by atoms with Crippen molar-refractivity contribution in [3.05, 3.63) is 11.7 Å². The summed E-state index contributed by atoms with van der Waals surface area (Å²) in [5, 5.41) is 10.1. The zero-order valence-electron chi connectivity index (χ0n) is 10.9. The molecule has 0 aliphatic rings. The molecule has 0 spiro atoms. The first-order chi connectivity index (χ1) is 8.11. The van der Waals surface area contributed by atoms with Crippen LogP contribution < -0.4 is 10.6 Å². The van der Waals surface area contributed by atoms with Gasteiger partial charge in [-0.15, -0.1) is 0 Å². The van der Waals surface area contributed by atoms with E-state index in [1.165, 1.54) is 0 Å². The van der Waals surface area contributed by atoms with E-state index < -0.39 is 0 Å². The van der Waals surface area contributed by atoms with Gasteiger partial charge in [0.2, 0.25) is 5.89 Å². The molecule has 0 aromatic carbocycles. The molecule has 0 atom stereocenters. The lowest BCUT2D eigenvalue weighted by molar-refractivity contribution is 0.376. The molecule has 0 unspecified atom stereocenters. The highest BCUT2D eigenvalue weighted by Gasteiger charge is 2.03. The molecule has 0 radical (unpaired) electrons. The van der Waals surface area contributed by atoms with Crippen LogP contribution in [0.4, 0.5) is 0 Å². The van der Waals surface area contributed by atoms with Gasteiger partial charge < -0.3 is 15.2 Å². The van der Waals surface area contributed by atoms with E-state index in [0.717, 1.165) is 19.0 Å². The molecule has 0 aliphatic carbocycles. The van der Waals surface area contributed by atoms with E-state index in [0.29, 0.717) is 24.2 Å². The molecule has 0 saturated heterocycles. The summed E-state index contributed by atoms with van der Waals surface area (Å²) in [6.45, 7) is 10.2. The average Bonchev–Trinajstić information content (AvgIpc) is 2.68. The van der Waals surface area contributed by atoms with Gasteiger partial charge in [0.1, 0.15) is 6.54 Å². The molecule has 0 bridgehead atoms. The van der Waals surface area contributed by atoms with Gasteiger partial charge in [0, 0.05) is 13.1 Å². The molecule has 0 fully saturated rings. The van der Waals surface area contributed by atoms with Gasteiger partial charge in [0.25, 0.3) is 0 Å². The summed E-state index contributed by atoms with van der Waals surface area (Å²) in [6.07, 6.45) is 0. The quantitative estimate of drug-likeness (QED) is 0.594. The highest BCUT2D eigenvalue weighted by atomic mass is 16.5. The first-order valence-corrected chi connectivity index (χ1v) is 5.93. The second-order valence-corrected chi connectivity index (χ2v) is 4.21. The third-order valence-electron chi connectivity index (χ3n) is 1.96. The van der Waals surface area contributed by atoms with Crippen LogP contribution in [0.15, 0.2) is 9.52 Å². The van der Waals surface area contributed by atoms with Gasteiger partial charge in [-0.25, -0.2) is 4.99 Å². The highest BCUT2D eigenvalue weighted by molar-refractivity contribution is 5.79. The molecule has 17 heavy (non-hydrogen) atoms. The van der Waals surface area contributed by atoms with Gasteiger partial charge in [0.05, 0.1) is 0 Å². The first kappa shape index (κ1) is 13.5. The van der Waals surface area contributed by atoms with Crippen LogP contribution in [0, 0.1) is 12.8 Å². The summed E-state index contributed by atoms with van der Waals surface area (Å²) in [5.74, 6) is 2.51. The fourth-order valence-electron chi connectivity index (χ4n) is 1.19. The molecule has 1 aromatic rings. The van der Waals surface area contributed by atoms with Crippen LogP contribution in [0.2, 0.25) is 0 Å². The van der Waals surface area contributed by atoms with E-state index in [-0.39, 0.29) is 0 Å². The molecule has 1 heterocycles. The number of nitrogens with zero attached hydrogens (tertiary/aromatic N) is 3. The predicted molar refractivity (Wildman–Crippen MR) is 66.7 cm³/mol. The molecular formula is C11H21N5O. The highest BCUT2D eigenvalue weighted by Crippen LogP contribution is 1.97. The zero-order valence-corrected chi connectivity index (χ0v) is 10.9.